The van der Waals surface area contributed by atoms with Crippen LogP contribution in [0.4, 0.5) is 23.7 Å². The lowest BCUT2D eigenvalue weighted by Gasteiger charge is -2.19. The van der Waals surface area contributed by atoms with Crippen molar-refractivity contribution in [1.82, 2.24) is 4.90 Å². The monoisotopic (exact) mass is 384 g/mol. The molecule has 1 saturated heterocycles. The second-order valence-corrected chi connectivity index (χ2v) is 7.99. The van der Waals surface area contributed by atoms with Crippen LogP contribution in [0, 0.1) is 17.5 Å². The van der Waals surface area contributed by atoms with E-state index in [1.165, 1.54) is 28.0 Å². The van der Waals surface area contributed by atoms with Crippen molar-refractivity contribution in [3.63, 3.8) is 0 Å². The van der Waals surface area contributed by atoms with Gasteiger partial charge in [0.15, 0.2) is 9.84 Å². The van der Waals surface area contributed by atoms with Crippen molar-refractivity contribution in [3.05, 3.63) is 59.4 Å². The molecule has 0 aromatic heterocycles. The van der Waals surface area contributed by atoms with E-state index < -0.39 is 38.9 Å². The summed E-state index contributed by atoms with van der Waals surface area (Å²) in [6, 6.07) is 6.49. The summed E-state index contributed by atoms with van der Waals surface area (Å²) in [6.07, 6.45) is 1.06. The molecular formula is C17H15F3N2O3S. The Morgan fingerprint density at radius 1 is 1.04 bits per heavy atom. The summed E-state index contributed by atoms with van der Waals surface area (Å²) in [5, 5.41) is 0. The van der Waals surface area contributed by atoms with Gasteiger partial charge in [0.05, 0.1) is 11.4 Å². The van der Waals surface area contributed by atoms with Crippen molar-refractivity contribution in [2.24, 2.45) is 0 Å². The van der Waals surface area contributed by atoms with E-state index in [1.54, 1.807) is 6.07 Å². The van der Waals surface area contributed by atoms with E-state index >= 15 is 0 Å². The molecule has 0 bridgehead atoms. The number of benzene rings is 2. The maximum absolute atomic E-state index is 13.8. The van der Waals surface area contributed by atoms with Gasteiger partial charge in [-0.3, -0.25) is 4.90 Å². The molecule has 0 saturated carbocycles. The Morgan fingerprint density at radius 3 is 2.31 bits per heavy atom. The number of carbonyl (C=O) groups excluding carboxylic acids is 1. The van der Waals surface area contributed by atoms with Gasteiger partial charge < -0.3 is 4.90 Å². The lowest BCUT2D eigenvalue weighted by Crippen LogP contribution is -2.32. The number of rotatable bonds is 4. The van der Waals surface area contributed by atoms with Crippen molar-refractivity contribution in [1.29, 1.82) is 0 Å². The SMILES string of the molecule is CS(=O)(=O)c1cccc(N2CCN(Cc3c(F)cc(F)cc3F)C2=O)c1. The zero-order valence-corrected chi connectivity index (χ0v) is 14.6. The molecule has 1 heterocycles. The van der Waals surface area contributed by atoms with Crippen LogP contribution >= 0.6 is 0 Å². The standard InChI is InChI=1S/C17H15F3N2O3S/c1-26(24,25)13-4-2-3-12(9-13)22-6-5-21(17(22)23)10-14-15(19)7-11(18)8-16(14)20/h2-4,7-9H,5-6,10H2,1H3. The number of anilines is 1. The Hall–Kier alpha value is -2.55. The molecule has 138 valence electrons. The number of urea groups is 1. The Kier molecular flexibility index (Phi) is 4.66. The molecule has 2 aromatic carbocycles. The fraction of sp³-hybridized carbons (Fsp3) is 0.235. The van der Waals surface area contributed by atoms with Gasteiger partial charge in [0.25, 0.3) is 0 Å². The molecular weight excluding hydrogens is 369 g/mol. The zero-order valence-electron chi connectivity index (χ0n) is 13.7. The fourth-order valence-electron chi connectivity index (χ4n) is 2.76. The van der Waals surface area contributed by atoms with E-state index in [4.69, 9.17) is 0 Å². The van der Waals surface area contributed by atoms with Crippen molar-refractivity contribution in [2.45, 2.75) is 11.4 Å². The van der Waals surface area contributed by atoms with Gasteiger partial charge in [-0.2, -0.15) is 0 Å². The molecule has 0 unspecified atom stereocenters. The van der Waals surface area contributed by atoms with Gasteiger partial charge in [-0.15, -0.1) is 0 Å². The number of carbonyl (C=O) groups is 1. The minimum atomic E-state index is -3.44. The van der Waals surface area contributed by atoms with Crippen LogP contribution in [0.3, 0.4) is 0 Å². The first-order valence-corrected chi connectivity index (χ1v) is 9.56. The Morgan fingerprint density at radius 2 is 1.69 bits per heavy atom. The molecule has 0 radical (unpaired) electrons. The number of amides is 2. The number of hydrogen-bond donors (Lipinski definition) is 0. The molecule has 5 nitrogen and oxygen atoms in total. The van der Waals surface area contributed by atoms with Crippen LogP contribution in [0.25, 0.3) is 0 Å². The highest BCUT2D eigenvalue weighted by Gasteiger charge is 2.31. The number of halogens is 3. The van der Waals surface area contributed by atoms with Crippen LogP contribution in [0.5, 0.6) is 0 Å². The lowest BCUT2D eigenvalue weighted by atomic mass is 10.2. The van der Waals surface area contributed by atoms with Gasteiger partial charge in [-0.25, -0.2) is 26.4 Å². The maximum atomic E-state index is 13.8. The van der Waals surface area contributed by atoms with Gasteiger partial charge in [0, 0.05) is 42.7 Å². The second kappa shape index (κ2) is 6.64. The van der Waals surface area contributed by atoms with Crippen LogP contribution in [-0.4, -0.2) is 38.7 Å². The first kappa shape index (κ1) is 18.2. The van der Waals surface area contributed by atoms with Crippen LogP contribution in [0.1, 0.15) is 5.56 Å². The second-order valence-electron chi connectivity index (χ2n) is 5.97. The third kappa shape index (κ3) is 3.52. The molecule has 2 amide bonds. The van der Waals surface area contributed by atoms with Gasteiger partial charge >= 0.3 is 6.03 Å². The van der Waals surface area contributed by atoms with E-state index in [0.717, 1.165) is 6.26 Å². The van der Waals surface area contributed by atoms with Gasteiger partial charge in [0.2, 0.25) is 0 Å². The van der Waals surface area contributed by atoms with Gasteiger partial charge in [0.1, 0.15) is 17.5 Å². The van der Waals surface area contributed by atoms with E-state index in [1.807, 2.05) is 0 Å². The molecule has 0 N–H and O–H groups in total. The molecule has 2 aromatic rings. The van der Waals surface area contributed by atoms with E-state index in [2.05, 4.69) is 0 Å². The van der Waals surface area contributed by atoms with Crippen molar-refractivity contribution < 1.29 is 26.4 Å². The molecule has 0 aliphatic carbocycles. The summed E-state index contributed by atoms with van der Waals surface area (Å²) < 4.78 is 63.9. The summed E-state index contributed by atoms with van der Waals surface area (Å²) in [5.41, 5.74) is -0.0213. The Labute approximate surface area is 148 Å². The van der Waals surface area contributed by atoms with Crippen molar-refractivity contribution in [2.75, 3.05) is 24.2 Å². The first-order chi connectivity index (χ1) is 12.2. The highest BCUT2D eigenvalue weighted by atomic mass is 32.2. The lowest BCUT2D eigenvalue weighted by molar-refractivity contribution is 0.217. The van der Waals surface area contributed by atoms with Gasteiger partial charge in [-0.05, 0) is 18.2 Å². The minimum Gasteiger partial charge on any atom is -0.318 e. The molecule has 0 spiro atoms. The highest BCUT2D eigenvalue weighted by Crippen LogP contribution is 2.25. The number of sulfone groups is 1. The zero-order chi connectivity index (χ0) is 19.1. The van der Waals surface area contributed by atoms with Crippen LogP contribution in [-0.2, 0) is 16.4 Å². The summed E-state index contributed by atoms with van der Waals surface area (Å²) in [5.74, 6) is -3.16. The number of hydrogen-bond acceptors (Lipinski definition) is 3. The van der Waals surface area contributed by atoms with E-state index in [-0.39, 0.29) is 24.5 Å². The smallest absolute Gasteiger partial charge is 0.318 e. The summed E-state index contributed by atoms with van der Waals surface area (Å²) in [6.45, 7) is 0.0771. The average Bonchev–Trinajstić information content (AvgIpc) is 2.91. The van der Waals surface area contributed by atoms with E-state index in [0.29, 0.717) is 17.8 Å². The topological polar surface area (TPSA) is 57.7 Å². The normalized spacial score (nSPS) is 15.0. The van der Waals surface area contributed by atoms with Crippen LogP contribution < -0.4 is 4.90 Å². The Balaban J connectivity index is 1.83. The van der Waals surface area contributed by atoms with Crippen LogP contribution in [0.15, 0.2) is 41.3 Å². The predicted octanol–water partition coefficient (Wildman–Crippen LogP) is 2.95. The first-order valence-electron chi connectivity index (χ1n) is 7.67. The number of nitrogens with zero attached hydrogens (tertiary/aromatic N) is 2. The molecule has 1 aliphatic rings. The quantitative estimate of drug-likeness (QED) is 0.815. The average molecular weight is 384 g/mol. The molecule has 3 rings (SSSR count). The predicted molar refractivity (Wildman–Crippen MR) is 89.0 cm³/mol. The van der Waals surface area contributed by atoms with Crippen molar-refractivity contribution >= 4 is 21.6 Å². The summed E-state index contributed by atoms with van der Waals surface area (Å²) >= 11 is 0. The van der Waals surface area contributed by atoms with Crippen molar-refractivity contribution in [3.8, 4) is 0 Å². The fourth-order valence-corrected chi connectivity index (χ4v) is 3.43. The van der Waals surface area contributed by atoms with Gasteiger partial charge in [-0.1, -0.05) is 6.07 Å². The molecule has 26 heavy (non-hydrogen) atoms. The molecule has 0 atom stereocenters. The summed E-state index contributed by atoms with van der Waals surface area (Å²) in [7, 11) is -3.44. The minimum absolute atomic E-state index is 0.0665. The highest BCUT2D eigenvalue weighted by molar-refractivity contribution is 7.90. The Bertz CT molecular complexity index is 956. The maximum Gasteiger partial charge on any atom is 0.324 e. The molecule has 1 fully saturated rings. The molecule has 9 heteroatoms. The third-order valence-electron chi connectivity index (χ3n) is 4.11. The molecule has 1 aliphatic heterocycles. The van der Waals surface area contributed by atoms with E-state index in [9.17, 15) is 26.4 Å². The summed E-state index contributed by atoms with van der Waals surface area (Å²) in [4.78, 5) is 15.2. The van der Waals surface area contributed by atoms with Crippen LogP contribution in [0.2, 0.25) is 0 Å². The largest absolute Gasteiger partial charge is 0.324 e. The third-order valence-corrected chi connectivity index (χ3v) is 5.22.